The van der Waals surface area contributed by atoms with Gasteiger partial charge in [-0.1, -0.05) is 19.9 Å². The molecule has 1 saturated heterocycles. The molecule has 1 fully saturated rings. The number of hydrogen-bond acceptors (Lipinski definition) is 4. The van der Waals surface area contributed by atoms with Crippen molar-refractivity contribution in [2.75, 3.05) is 25.0 Å². The van der Waals surface area contributed by atoms with Crippen molar-refractivity contribution in [3.8, 4) is 0 Å². The van der Waals surface area contributed by atoms with Crippen molar-refractivity contribution < 1.29 is 14.7 Å². The third-order valence-corrected chi connectivity index (χ3v) is 4.40. The number of rotatable bonds is 6. The Morgan fingerprint density at radius 3 is 2.60 bits per heavy atom. The van der Waals surface area contributed by atoms with Gasteiger partial charge in [-0.05, 0) is 43.2 Å². The van der Waals surface area contributed by atoms with Gasteiger partial charge in [0.2, 0.25) is 5.91 Å². The van der Waals surface area contributed by atoms with Crippen LogP contribution in [0.2, 0.25) is 0 Å². The zero-order valence-corrected chi connectivity index (χ0v) is 14.9. The molecule has 0 bridgehead atoms. The first kappa shape index (κ1) is 19.2. The third kappa shape index (κ3) is 6.01. The predicted octanol–water partition coefficient (Wildman–Crippen LogP) is 1.85. The number of piperidine rings is 1. The van der Waals surface area contributed by atoms with Crippen LogP contribution < -0.4 is 10.6 Å². The van der Waals surface area contributed by atoms with E-state index in [0.29, 0.717) is 25.3 Å². The Bertz CT molecular complexity index is 557. The Hall–Kier alpha value is -2.15. The fraction of sp³-hybridized carbons (Fsp3) is 0.611. The molecule has 2 heterocycles. The van der Waals surface area contributed by atoms with Gasteiger partial charge in [0.1, 0.15) is 11.9 Å². The van der Waals surface area contributed by atoms with Crippen LogP contribution in [0.3, 0.4) is 0 Å². The van der Waals surface area contributed by atoms with Gasteiger partial charge in [-0.2, -0.15) is 0 Å². The van der Waals surface area contributed by atoms with Crippen molar-refractivity contribution in [1.29, 1.82) is 0 Å². The van der Waals surface area contributed by atoms with Crippen molar-refractivity contribution in [1.82, 2.24) is 15.2 Å². The molecule has 1 aromatic rings. The maximum absolute atomic E-state index is 12.8. The van der Waals surface area contributed by atoms with Crippen LogP contribution in [0.4, 0.5) is 10.6 Å². The van der Waals surface area contributed by atoms with Gasteiger partial charge in [-0.3, -0.25) is 10.1 Å². The number of carbonyl (C=O) groups is 2. The van der Waals surface area contributed by atoms with Gasteiger partial charge in [-0.15, -0.1) is 0 Å². The second-order valence-corrected chi connectivity index (χ2v) is 6.95. The molecule has 1 aliphatic rings. The van der Waals surface area contributed by atoms with Crippen LogP contribution in [0, 0.1) is 11.8 Å². The number of amides is 3. The molecule has 0 aromatic carbocycles. The van der Waals surface area contributed by atoms with E-state index in [0.717, 1.165) is 12.8 Å². The van der Waals surface area contributed by atoms with Gasteiger partial charge in [-0.25, -0.2) is 9.78 Å². The monoisotopic (exact) mass is 348 g/mol. The minimum Gasteiger partial charge on any atom is -0.396 e. The van der Waals surface area contributed by atoms with Gasteiger partial charge in [0.15, 0.2) is 0 Å². The van der Waals surface area contributed by atoms with E-state index in [1.165, 1.54) is 0 Å². The zero-order valence-electron chi connectivity index (χ0n) is 14.9. The van der Waals surface area contributed by atoms with E-state index in [1.807, 2.05) is 13.8 Å². The summed E-state index contributed by atoms with van der Waals surface area (Å²) in [4.78, 5) is 30.9. The summed E-state index contributed by atoms with van der Waals surface area (Å²) in [7, 11) is 0. The Kier molecular flexibility index (Phi) is 7.18. The Morgan fingerprint density at radius 2 is 2.04 bits per heavy atom. The molecule has 1 aromatic heterocycles. The number of anilines is 1. The van der Waals surface area contributed by atoms with Gasteiger partial charge in [0.05, 0.1) is 0 Å². The maximum atomic E-state index is 12.8. The van der Waals surface area contributed by atoms with Crippen molar-refractivity contribution >= 4 is 17.8 Å². The number of hydrogen-bond donors (Lipinski definition) is 3. The first-order chi connectivity index (χ1) is 12.0. The molecule has 0 spiro atoms. The number of pyridine rings is 1. The third-order valence-electron chi connectivity index (χ3n) is 4.40. The number of urea groups is 1. The summed E-state index contributed by atoms with van der Waals surface area (Å²) in [5.41, 5.74) is 0. The van der Waals surface area contributed by atoms with E-state index in [1.54, 1.807) is 29.3 Å². The lowest BCUT2D eigenvalue weighted by atomic mass is 9.96. The van der Waals surface area contributed by atoms with Gasteiger partial charge < -0.3 is 15.3 Å². The van der Waals surface area contributed by atoms with E-state index in [9.17, 15) is 14.7 Å². The number of aromatic nitrogens is 1. The summed E-state index contributed by atoms with van der Waals surface area (Å²) >= 11 is 0. The molecule has 25 heavy (non-hydrogen) atoms. The van der Waals surface area contributed by atoms with E-state index in [4.69, 9.17) is 0 Å². The summed E-state index contributed by atoms with van der Waals surface area (Å²) < 4.78 is 0. The van der Waals surface area contributed by atoms with Crippen molar-refractivity contribution in [3.05, 3.63) is 24.4 Å². The van der Waals surface area contributed by atoms with E-state index in [2.05, 4.69) is 15.6 Å². The van der Waals surface area contributed by atoms with Crippen LogP contribution in [0.1, 0.15) is 33.1 Å². The van der Waals surface area contributed by atoms with Crippen LogP contribution in [0.5, 0.6) is 0 Å². The number of aliphatic hydroxyl groups excluding tert-OH is 1. The summed E-state index contributed by atoms with van der Waals surface area (Å²) in [6.45, 7) is 5.47. The molecule has 1 atom stereocenters. The second kappa shape index (κ2) is 9.36. The minimum atomic E-state index is -0.561. The highest BCUT2D eigenvalue weighted by Crippen LogP contribution is 2.18. The lowest BCUT2D eigenvalue weighted by molar-refractivity contribution is -0.135. The number of nitrogens with zero attached hydrogens (tertiary/aromatic N) is 2. The molecule has 3 amide bonds. The van der Waals surface area contributed by atoms with E-state index < -0.39 is 12.1 Å². The molecule has 7 heteroatoms. The Morgan fingerprint density at radius 1 is 1.32 bits per heavy atom. The van der Waals surface area contributed by atoms with Crippen molar-refractivity contribution in [2.45, 2.75) is 39.2 Å². The lowest BCUT2D eigenvalue weighted by Gasteiger charge is -2.34. The van der Waals surface area contributed by atoms with Crippen LogP contribution >= 0.6 is 0 Å². The Balaban J connectivity index is 1.95. The minimum absolute atomic E-state index is 0.0544. The van der Waals surface area contributed by atoms with Crippen LogP contribution in [0.25, 0.3) is 0 Å². The molecule has 0 aliphatic carbocycles. The molecular formula is C18H28N4O3. The number of likely N-dealkylation sites (tertiary alicyclic amines) is 1. The average molecular weight is 348 g/mol. The fourth-order valence-electron chi connectivity index (χ4n) is 3.00. The summed E-state index contributed by atoms with van der Waals surface area (Å²) in [5.74, 6) is 0.938. The van der Waals surface area contributed by atoms with Crippen LogP contribution in [0.15, 0.2) is 24.4 Å². The molecule has 1 aliphatic heterocycles. The average Bonchev–Trinajstić information content (AvgIpc) is 2.61. The second-order valence-electron chi connectivity index (χ2n) is 6.95. The molecule has 0 saturated carbocycles. The van der Waals surface area contributed by atoms with Crippen molar-refractivity contribution in [2.24, 2.45) is 11.8 Å². The highest BCUT2D eigenvalue weighted by molar-refractivity contribution is 5.93. The van der Waals surface area contributed by atoms with Crippen molar-refractivity contribution in [3.63, 3.8) is 0 Å². The highest BCUT2D eigenvalue weighted by atomic mass is 16.3. The van der Waals surface area contributed by atoms with Gasteiger partial charge in [0, 0.05) is 25.9 Å². The lowest BCUT2D eigenvalue weighted by Crippen LogP contribution is -2.52. The highest BCUT2D eigenvalue weighted by Gasteiger charge is 2.29. The zero-order chi connectivity index (χ0) is 18.2. The first-order valence-electron chi connectivity index (χ1n) is 8.87. The van der Waals surface area contributed by atoms with Crippen LogP contribution in [-0.4, -0.2) is 52.7 Å². The summed E-state index contributed by atoms with van der Waals surface area (Å²) in [5, 5.41) is 14.7. The summed E-state index contributed by atoms with van der Waals surface area (Å²) in [6, 6.07) is 4.25. The maximum Gasteiger partial charge on any atom is 0.321 e. The number of aliphatic hydroxyl groups is 1. The smallest absolute Gasteiger partial charge is 0.321 e. The molecule has 3 N–H and O–H groups in total. The normalized spacial score (nSPS) is 16.6. The largest absolute Gasteiger partial charge is 0.396 e. The van der Waals surface area contributed by atoms with E-state index in [-0.39, 0.29) is 24.3 Å². The molecule has 7 nitrogen and oxygen atoms in total. The predicted molar refractivity (Wildman–Crippen MR) is 96.0 cm³/mol. The van der Waals surface area contributed by atoms with Crippen LogP contribution in [-0.2, 0) is 4.79 Å². The molecule has 138 valence electrons. The van der Waals surface area contributed by atoms with E-state index >= 15 is 0 Å². The Labute approximate surface area is 148 Å². The van der Waals surface area contributed by atoms with Gasteiger partial charge >= 0.3 is 6.03 Å². The SMILES string of the molecule is CC(C)C[C@@H](NC(=O)Nc1ccccn1)C(=O)N1CCC(CO)CC1. The summed E-state index contributed by atoms with van der Waals surface area (Å²) in [6.07, 6.45) is 3.78. The quantitative estimate of drug-likeness (QED) is 0.731. The molecule has 2 rings (SSSR count). The molecule has 0 unspecified atom stereocenters. The molecule has 0 radical (unpaired) electrons. The van der Waals surface area contributed by atoms with Gasteiger partial charge in [0.25, 0.3) is 0 Å². The first-order valence-corrected chi connectivity index (χ1v) is 8.87. The number of carbonyl (C=O) groups excluding carboxylic acids is 2. The fourth-order valence-corrected chi connectivity index (χ4v) is 3.00. The molecular weight excluding hydrogens is 320 g/mol. The standard InChI is InChI=1S/C18H28N4O3/c1-13(2)11-15(17(24)22-9-6-14(12-23)7-10-22)20-18(25)21-16-5-3-4-8-19-16/h3-5,8,13-15,23H,6-7,9-12H2,1-2H3,(H2,19,20,21,25)/t15-/m1/s1. The topological polar surface area (TPSA) is 94.6 Å². The number of nitrogens with one attached hydrogen (secondary N) is 2.